The number of H-pyrrole nitrogens is 1. The van der Waals surface area contributed by atoms with Gasteiger partial charge in [0.2, 0.25) is 0 Å². The van der Waals surface area contributed by atoms with Gasteiger partial charge in [-0.05, 0) is 50.8 Å². The van der Waals surface area contributed by atoms with E-state index in [9.17, 15) is 9.18 Å². The van der Waals surface area contributed by atoms with Crippen LogP contribution in [0.15, 0.2) is 18.3 Å². The summed E-state index contributed by atoms with van der Waals surface area (Å²) in [5.41, 5.74) is 8.44. The van der Waals surface area contributed by atoms with Crippen molar-refractivity contribution in [2.24, 2.45) is 11.7 Å². The summed E-state index contributed by atoms with van der Waals surface area (Å²) in [6, 6.07) is 2.53. The summed E-state index contributed by atoms with van der Waals surface area (Å²) in [5, 5.41) is 3.22. The van der Waals surface area contributed by atoms with Crippen molar-refractivity contribution in [1.82, 2.24) is 19.5 Å². The van der Waals surface area contributed by atoms with E-state index in [2.05, 4.69) is 21.9 Å². The highest BCUT2D eigenvalue weighted by atomic mass is 19.1. The van der Waals surface area contributed by atoms with Gasteiger partial charge in [0.05, 0.1) is 11.1 Å². The third kappa shape index (κ3) is 3.28. The molecule has 0 atom stereocenters. The van der Waals surface area contributed by atoms with E-state index in [0.29, 0.717) is 11.0 Å². The zero-order valence-electron chi connectivity index (χ0n) is 17.3. The van der Waals surface area contributed by atoms with Gasteiger partial charge in [0, 0.05) is 43.0 Å². The topological polar surface area (TPSA) is 88.7 Å². The van der Waals surface area contributed by atoms with Gasteiger partial charge in [-0.15, -0.1) is 0 Å². The van der Waals surface area contributed by atoms with E-state index >= 15 is 0 Å². The first-order valence-corrected chi connectivity index (χ1v) is 10.7. The van der Waals surface area contributed by atoms with Crippen LogP contribution in [0.4, 0.5) is 4.39 Å². The minimum absolute atomic E-state index is 0.0275. The number of amides is 1. The molecule has 0 aliphatic carbocycles. The number of benzene rings is 1. The Balaban J connectivity index is 1.42. The molecule has 0 spiro atoms. The van der Waals surface area contributed by atoms with E-state index in [-0.39, 0.29) is 11.0 Å². The van der Waals surface area contributed by atoms with Gasteiger partial charge in [-0.3, -0.25) is 9.89 Å². The minimum Gasteiger partial charge on any atom is -0.381 e. The van der Waals surface area contributed by atoms with Crippen LogP contribution in [0.5, 0.6) is 0 Å². The number of fused-ring (bicyclic) bond motifs is 3. The molecule has 1 amide bonds. The normalized spacial score (nSPS) is 20.9. The lowest BCUT2D eigenvalue weighted by Gasteiger charge is -2.40. The molecule has 0 saturated carbocycles. The maximum atomic E-state index is 14.0. The second-order valence-corrected chi connectivity index (χ2v) is 9.06. The monoisotopic (exact) mass is 413 g/mol. The molecule has 3 N–H and O–H groups in total. The van der Waals surface area contributed by atoms with Crippen molar-refractivity contribution in [3.05, 3.63) is 35.3 Å². The van der Waals surface area contributed by atoms with Crippen LogP contribution in [0.3, 0.4) is 0 Å². The van der Waals surface area contributed by atoms with Crippen LogP contribution in [-0.4, -0.2) is 58.3 Å². The van der Waals surface area contributed by atoms with E-state index < -0.39 is 11.7 Å². The van der Waals surface area contributed by atoms with Gasteiger partial charge in [0.1, 0.15) is 11.3 Å². The molecule has 7 nitrogen and oxygen atoms in total. The number of rotatable bonds is 4. The van der Waals surface area contributed by atoms with Crippen molar-refractivity contribution in [3.8, 4) is 0 Å². The smallest absolute Gasteiger partial charge is 0.251 e. The molecule has 30 heavy (non-hydrogen) atoms. The zero-order chi connectivity index (χ0) is 20.9. The molecule has 3 aromatic rings. The molecule has 8 heteroatoms. The van der Waals surface area contributed by atoms with Crippen LogP contribution < -0.4 is 5.73 Å². The fraction of sp³-hybridized carbons (Fsp3) is 0.545. The van der Waals surface area contributed by atoms with Crippen LogP contribution in [0.25, 0.3) is 16.7 Å². The summed E-state index contributed by atoms with van der Waals surface area (Å²) < 4.78 is 21.2. The maximum absolute atomic E-state index is 14.0. The van der Waals surface area contributed by atoms with Gasteiger partial charge in [0.15, 0.2) is 5.65 Å². The first kappa shape index (κ1) is 19.5. The number of hydrogen-bond acceptors (Lipinski definition) is 4. The van der Waals surface area contributed by atoms with Crippen LogP contribution >= 0.6 is 0 Å². The Morgan fingerprint density at radius 3 is 2.77 bits per heavy atom. The van der Waals surface area contributed by atoms with Crippen molar-refractivity contribution in [2.45, 2.75) is 38.0 Å². The van der Waals surface area contributed by atoms with E-state index in [0.717, 1.165) is 75.7 Å². The first-order chi connectivity index (χ1) is 14.4. The van der Waals surface area contributed by atoms with Gasteiger partial charge < -0.3 is 15.4 Å². The van der Waals surface area contributed by atoms with Crippen LogP contribution in [0.1, 0.15) is 48.5 Å². The molecule has 1 aromatic carbocycles. The summed E-state index contributed by atoms with van der Waals surface area (Å²) in [4.78, 5) is 19.1. The number of halogens is 1. The molecular weight excluding hydrogens is 385 g/mol. The van der Waals surface area contributed by atoms with Crippen molar-refractivity contribution in [3.63, 3.8) is 0 Å². The number of carbonyl (C=O) groups excluding carboxylic acids is 1. The maximum Gasteiger partial charge on any atom is 0.251 e. The van der Waals surface area contributed by atoms with E-state index in [4.69, 9.17) is 10.5 Å². The number of aromatic amines is 1. The molecule has 0 bridgehead atoms. The molecule has 2 aliphatic heterocycles. The lowest BCUT2D eigenvalue weighted by atomic mass is 9.75. The van der Waals surface area contributed by atoms with Crippen molar-refractivity contribution in [1.29, 1.82) is 0 Å². The van der Waals surface area contributed by atoms with E-state index in [1.807, 2.05) is 6.20 Å². The third-order valence-electron chi connectivity index (χ3n) is 7.03. The van der Waals surface area contributed by atoms with Gasteiger partial charge >= 0.3 is 0 Å². The fourth-order valence-electron chi connectivity index (χ4n) is 5.10. The quantitative estimate of drug-likeness (QED) is 0.688. The summed E-state index contributed by atoms with van der Waals surface area (Å²) in [7, 11) is 0. The standard InChI is InChI=1S/C22H28FN5O2/c1-22(4-6-27(7-5-22)13-14-2-8-30-9-3-14)17-12-25-28-19-16(20(24)29)10-15(23)11-18(19)26-21(17)28/h10-12,14,25H,2-9,13H2,1H3,(H2,24,29). The summed E-state index contributed by atoms with van der Waals surface area (Å²) in [6.07, 6.45) is 6.36. The number of nitrogens with zero attached hydrogens (tertiary/aromatic N) is 3. The van der Waals surface area contributed by atoms with Gasteiger partial charge in [-0.1, -0.05) is 6.92 Å². The van der Waals surface area contributed by atoms with Crippen LogP contribution in [0.2, 0.25) is 0 Å². The second-order valence-electron chi connectivity index (χ2n) is 9.06. The molecule has 2 saturated heterocycles. The lowest BCUT2D eigenvalue weighted by Crippen LogP contribution is -2.43. The number of aromatic nitrogens is 3. The summed E-state index contributed by atoms with van der Waals surface area (Å²) in [6.45, 7) is 7.30. The largest absolute Gasteiger partial charge is 0.381 e. The molecule has 0 unspecified atom stereocenters. The Kier molecular flexibility index (Phi) is 4.78. The Morgan fingerprint density at radius 2 is 2.07 bits per heavy atom. The average Bonchev–Trinajstić information content (AvgIpc) is 3.29. The summed E-state index contributed by atoms with van der Waals surface area (Å²) in [5.74, 6) is -0.432. The highest BCUT2D eigenvalue weighted by Crippen LogP contribution is 2.38. The van der Waals surface area contributed by atoms with Crippen LogP contribution in [-0.2, 0) is 10.2 Å². The number of primary amides is 1. The Hall–Kier alpha value is -2.45. The van der Waals surface area contributed by atoms with E-state index in [1.54, 1.807) is 4.52 Å². The third-order valence-corrected chi connectivity index (χ3v) is 7.03. The molecule has 5 rings (SSSR count). The molecule has 160 valence electrons. The average molecular weight is 413 g/mol. The molecule has 2 aromatic heterocycles. The lowest BCUT2D eigenvalue weighted by molar-refractivity contribution is 0.0455. The molecular formula is C22H28FN5O2. The predicted molar refractivity (Wildman–Crippen MR) is 112 cm³/mol. The van der Waals surface area contributed by atoms with Crippen molar-refractivity contribution in [2.75, 3.05) is 32.8 Å². The number of likely N-dealkylation sites (tertiary alicyclic amines) is 1. The highest BCUT2D eigenvalue weighted by molar-refractivity contribution is 6.05. The molecule has 0 radical (unpaired) electrons. The SMILES string of the molecule is CC1(c2c[nH]n3c2nc2cc(F)cc(C(N)=O)c23)CCN(CC2CCOCC2)CC1. The predicted octanol–water partition coefficient (Wildman–Crippen LogP) is 2.83. The molecule has 2 fully saturated rings. The van der Waals surface area contributed by atoms with Gasteiger partial charge in [0.25, 0.3) is 5.91 Å². The van der Waals surface area contributed by atoms with Crippen LogP contribution in [0, 0.1) is 11.7 Å². The number of ether oxygens (including phenoxy) is 1. The van der Waals surface area contributed by atoms with Gasteiger partial charge in [-0.2, -0.15) is 0 Å². The van der Waals surface area contributed by atoms with E-state index in [1.165, 1.54) is 12.1 Å². The minimum atomic E-state index is -0.662. The second kappa shape index (κ2) is 7.35. The number of piperidine rings is 1. The number of hydrogen-bond donors (Lipinski definition) is 2. The highest BCUT2D eigenvalue weighted by Gasteiger charge is 2.35. The summed E-state index contributed by atoms with van der Waals surface area (Å²) >= 11 is 0. The Labute approximate surface area is 174 Å². The molecule has 4 heterocycles. The van der Waals surface area contributed by atoms with Crippen molar-refractivity contribution < 1.29 is 13.9 Å². The fourth-order valence-corrected chi connectivity index (χ4v) is 5.10. The number of nitrogens with two attached hydrogens (primary N) is 1. The first-order valence-electron chi connectivity index (χ1n) is 10.7. The Morgan fingerprint density at radius 1 is 1.33 bits per heavy atom. The number of carbonyl (C=O) groups is 1. The Bertz CT molecular complexity index is 1090. The van der Waals surface area contributed by atoms with Gasteiger partial charge in [-0.25, -0.2) is 13.9 Å². The number of imidazole rings is 1. The molecule has 2 aliphatic rings. The van der Waals surface area contributed by atoms with Crippen molar-refractivity contribution >= 4 is 22.6 Å². The zero-order valence-corrected chi connectivity index (χ0v) is 17.3. The number of nitrogens with one attached hydrogen (secondary N) is 1.